The summed E-state index contributed by atoms with van der Waals surface area (Å²) >= 11 is 3.04. The maximum atomic E-state index is 11.2. The van der Waals surface area contributed by atoms with Crippen LogP contribution in [0.5, 0.6) is 0 Å². The summed E-state index contributed by atoms with van der Waals surface area (Å²) in [6, 6.07) is -0.481. The molecule has 1 atom stereocenters. The van der Waals surface area contributed by atoms with Gasteiger partial charge in [0.05, 0.1) is 11.4 Å². The van der Waals surface area contributed by atoms with Crippen LogP contribution in [0.2, 0.25) is 0 Å². The van der Waals surface area contributed by atoms with Crippen LogP contribution in [0.3, 0.4) is 0 Å². The third-order valence-corrected chi connectivity index (χ3v) is 2.33. The Hall–Kier alpha value is -0.620. The minimum Gasteiger partial charge on any atom is -0.355 e. The predicted octanol–water partition coefficient (Wildman–Crippen LogP) is -0.259. The quantitative estimate of drug-likeness (QED) is 0.444. The fraction of sp³-hybridized carbons (Fsp3) is 0.778. The molecule has 0 rings (SSSR count). The van der Waals surface area contributed by atoms with Crippen molar-refractivity contribution in [2.75, 3.05) is 18.4 Å². The molecule has 0 heterocycles. The van der Waals surface area contributed by atoms with E-state index in [-0.39, 0.29) is 11.8 Å². The normalized spacial score (nSPS) is 11.9. The number of nitrogens with one attached hydrogen (secondary N) is 2. The average molecular weight is 280 g/mol. The predicted molar refractivity (Wildman–Crippen MR) is 62.7 cm³/mol. The van der Waals surface area contributed by atoms with Gasteiger partial charge < -0.3 is 16.4 Å². The van der Waals surface area contributed by atoms with E-state index < -0.39 is 6.04 Å². The number of nitrogens with two attached hydrogens (primary N) is 1. The fourth-order valence-corrected chi connectivity index (χ4v) is 1.23. The molecule has 4 N–H and O–H groups in total. The molecular formula is C9H18BrN3O2. The summed E-state index contributed by atoms with van der Waals surface area (Å²) in [6.07, 6.45) is 1.28. The smallest absolute Gasteiger partial charge is 0.236 e. The second-order valence-electron chi connectivity index (χ2n) is 3.13. The fourth-order valence-electron chi connectivity index (χ4n) is 1.03. The van der Waals surface area contributed by atoms with Gasteiger partial charge in [0.1, 0.15) is 0 Å². The third kappa shape index (κ3) is 7.33. The van der Waals surface area contributed by atoms with Crippen LogP contribution >= 0.6 is 15.9 Å². The van der Waals surface area contributed by atoms with Crippen LogP contribution < -0.4 is 16.4 Å². The van der Waals surface area contributed by atoms with Gasteiger partial charge in [-0.2, -0.15) is 0 Å². The summed E-state index contributed by atoms with van der Waals surface area (Å²) in [4.78, 5) is 22.0. The zero-order valence-corrected chi connectivity index (χ0v) is 10.5. The van der Waals surface area contributed by atoms with Crippen molar-refractivity contribution in [2.45, 2.75) is 25.8 Å². The summed E-state index contributed by atoms with van der Waals surface area (Å²) in [5, 5.41) is 5.63. The van der Waals surface area contributed by atoms with Crippen molar-refractivity contribution >= 4 is 27.7 Å². The largest absolute Gasteiger partial charge is 0.355 e. The second kappa shape index (κ2) is 8.67. The molecular weight excluding hydrogens is 262 g/mol. The van der Waals surface area contributed by atoms with Crippen molar-refractivity contribution < 1.29 is 9.59 Å². The van der Waals surface area contributed by atoms with Crippen molar-refractivity contribution in [2.24, 2.45) is 5.73 Å². The molecule has 0 unspecified atom stereocenters. The highest BCUT2D eigenvalue weighted by atomic mass is 79.9. The molecule has 0 aromatic carbocycles. The molecule has 0 aliphatic rings. The lowest BCUT2D eigenvalue weighted by molar-refractivity contribution is -0.122. The second-order valence-corrected chi connectivity index (χ2v) is 3.69. The Balaban J connectivity index is 3.50. The first-order valence-corrected chi connectivity index (χ1v) is 6.10. The van der Waals surface area contributed by atoms with Crippen molar-refractivity contribution in [3.8, 4) is 0 Å². The Bertz CT molecular complexity index is 212. The van der Waals surface area contributed by atoms with E-state index in [1.807, 2.05) is 6.92 Å². The minimum absolute atomic E-state index is 0.0541. The van der Waals surface area contributed by atoms with Crippen molar-refractivity contribution in [1.82, 2.24) is 10.6 Å². The summed E-state index contributed by atoms with van der Waals surface area (Å²) in [5.41, 5.74) is 5.62. The van der Waals surface area contributed by atoms with Crippen LogP contribution in [0.4, 0.5) is 0 Å². The SMILES string of the molecule is CCNC(=O)[C@@H](N)CCCNC(=O)CBr. The summed E-state index contributed by atoms with van der Waals surface area (Å²) < 4.78 is 0. The molecule has 5 nitrogen and oxygen atoms in total. The van der Waals surface area contributed by atoms with Crippen molar-refractivity contribution in [3.05, 3.63) is 0 Å². The number of amides is 2. The van der Waals surface area contributed by atoms with E-state index in [0.29, 0.717) is 31.3 Å². The molecule has 2 amide bonds. The van der Waals surface area contributed by atoms with Gasteiger partial charge in [-0.15, -0.1) is 0 Å². The molecule has 0 radical (unpaired) electrons. The highest BCUT2D eigenvalue weighted by Gasteiger charge is 2.11. The standard InChI is InChI=1S/C9H18BrN3O2/c1-2-12-9(15)7(11)4-3-5-13-8(14)6-10/h7H,2-6,11H2,1H3,(H,12,15)(H,13,14)/t7-/m0/s1. The number of hydrogen-bond acceptors (Lipinski definition) is 3. The van der Waals surface area contributed by atoms with Gasteiger partial charge in [-0.3, -0.25) is 9.59 Å². The molecule has 0 aromatic rings. The van der Waals surface area contributed by atoms with Gasteiger partial charge in [0.15, 0.2) is 0 Å². The maximum Gasteiger partial charge on any atom is 0.236 e. The Kier molecular flexibility index (Phi) is 8.31. The maximum absolute atomic E-state index is 11.2. The Morgan fingerprint density at radius 2 is 2.07 bits per heavy atom. The van der Waals surface area contributed by atoms with Gasteiger partial charge in [0.2, 0.25) is 11.8 Å². The lowest BCUT2D eigenvalue weighted by Crippen LogP contribution is -2.40. The molecule has 6 heteroatoms. The molecule has 0 aliphatic heterocycles. The number of halogens is 1. The molecule has 0 fully saturated rings. The number of rotatable bonds is 7. The van der Waals surface area contributed by atoms with Crippen LogP contribution in [0.1, 0.15) is 19.8 Å². The highest BCUT2D eigenvalue weighted by molar-refractivity contribution is 9.09. The Labute approximate surface area is 98.3 Å². The topological polar surface area (TPSA) is 84.2 Å². The first-order valence-electron chi connectivity index (χ1n) is 4.97. The number of alkyl halides is 1. The molecule has 0 aliphatic carbocycles. The van der Waals surface area contributed by atoms with Crippen LogP contribution in [-0.4, -0.2) is 36.3 Å². The van der Waals surface area contributed by atoms with Gasteiger partial charge in [-0.05, 0) is 19.8 Å². The van der Waals surface area contributed by atoms with Gasteiger partial charge in [0.25, 0.3) is 0 Å². The van der Waals surface area contributed by atoms with E-state index in [1.165, 1.54) is 0 Å². The van der Waals surface area contributed by atoms with Crippen LogP contribution in [0, 0.1) is 0 Å². The summed E-state index contributed by atoms with van der Waals surface area (Å²) in [6.45, 7) is 2.99. The first-order chi connectivity index (χ1) is 7.11. The Morgan fingerprint density at radius 3 is 2.60 bits per heavy atom. The number of hydrogen-bond donors (Lipinski definition) is 3. The summed E-state index contributed by atoms with van der Waals surface area (Å²) in [5.74, 6) is -0.189. The molecule has 0 bridgehead atoms. The third-order valence-electron chi connectivity index (χ3n) is 1.82. The minimum atomic E-state index is -0.481. The lowest BCUT2D eigenvalue weighted by atomic mass is 10.1. The number of carbonyl (C=O) groups excluding carboxylic acids is 2. The van der Waals surface area contributed by atoms with E-state index in [2.05, 4.69) is 26.6 Å². The zero-order valence-electron chi connectivity index (χ0n) is 8.88. The monoisotopic (exact) mass is 279 g/mol. The van der Waals surface area contributed by atoms with Gasteiger partial charge in [0, 0.05) is 13.1 Å². The van der Waals surface area contributed by atoms with E-state index >= 15 is 0 Å². The van der Waals surface area contributed by atoms with E-state index in [9.17, 15) is 9.59 Å². The molecule has 0 aromatic heterocycles. The Morgan fingerprint density at radius 1 is 1.40 bits per heavy atom. The highest BCUT2D eigenvalue weighted by Crippen LogP contribution is 1.93. The van der Waals surface area contributed by atoms with Crippen molar-refractivity contribution in [1.29, 1.82) is 0 Å². The van der Waals surface area contributed by atoms with E-state index in [4.69, 9.17) is 5.73 Å². The van der Waals surface area contributed by atoms with Crippen molar-refractivity contribution in [3.63, 3.8) is 0 Å². The molecule has 88 valence electrons. The lowest BCUT2D eigenvalue weighted by Gasteiger charge is -2.10. The number of carbonyl (C=O) groups is 2. The average Bonchev–Trinajstić information content (AvgIpc) is 2.23. The van der Waals surface area contributed by atoms with Crippen LogP contribution in [0.15, 0.2) is 0 Å². The number of likely N-dealkylation sites (N-methyl/N-ethyl adjacent to an activating group) is 1. The van der Waals surface area contributed by atoms with Crippen LogP contribution in [-0.2, 0) is 9.59 Å². The van der Waals surface area contributed by atoms with Gasteiger partial charge >= 0.3 is 0 Å². The van der Waals surface area contributed by atoms with Gasteiger partial charge in [-0.25, -0.2) is 0 Å². The zero-order chi connectivity index (χ0) is 11.7. The van der Waals surface area contributed by atoms with E-state index in [0.717, 1.165) is 0 Å². The first kappa shape index (κ1) is 14.4. The van der Waals surface area contributed by atoms with Gasteiger partial charge in [-0.1, -0.05) is 15.9 Å². The van der Waals surface area contributed by atoms with Crippen LogP contribution in [0.25, 0.3) is 0 Å². The molecule has 15 heavy (non-hydrogen) atoms. The molecule has 0 spiro atoms. The molecule has 0 saturated heterocycles. The molecule has 0 saturated carbocycles. The summed E-state index contributed by atoms with van der Waals surface area (Å²) in [7, 11) is 0. The van der Waals surface area contributed by atoms with E-state index in [1.54, 1.807) is 0 Å².